The van der Waals surface area contributed by atoms with Crippen molar-refractivity contribution < 1.29 is 18.7 Å². The van der Waals surface area contributed by atoms with E-state index in [1.165, 1.54) is 18.1 Å². The fourth-order valence-electron chi connectivity index (χ4n) is 3.70. The van der Waals surface area contributed by atoms with Gasteiger partial charge in [-0.15, -0.1) is 0 Å². The van der Waals surface area contributed by atoms with Crippen LogP contribution in [-0.4, -0.2) is 67.6 Å². The number of ether oxygens (including phenoxy) is 1. The van der Waals surface area contributed by atoms with Crippen molar-refractivity contribution in [3.05, 3.63) is 60.1 Å². The van der Waals surface area contributed by atoms with Gasteiger partial charge in [0.25, 0.3) is 5.91 Å². The van der Waals surface area contributed by atoms with E-state index >= 15 is 0 Å². The molecule has 0 radical (unpaired) electrons. The zero-order valence-corrected chi connectivity index (χ0v) is 17.6. The molecule has 2 amide bonds. The molecule has 7 heteroatoms. The first-order valence-electron chi connectivity index (χ1n) is 10.5. The lowest BCUT2D eigenvalue weighted by Gasteiger charge is -2.32. The van der Waals surface area contributed by atoms with Gasteiger partial charge in [-0.3, -0.25) is 14.5 Å². The number of carbonyl (C=O) groups is 2. The van der Waals surface area contributed by atoms with E-state index in [9.17, 15) is 9.59 Å². The first-order valence-corrected chi connectivity index (χ1v) is 10.5. The van der Waals surface area contributed by atoms with Crippen molar-refractivity contribution in [1.29, 1.82) is 0 Å². The van der Waals surface area contributed by atoms with Gasteiger partial charge < -0.3 is 19.4 Å². The number of piperidine rings is 1. The molecule has 1 saturated heterocycles. The van der Waals surface area contributed by atoms with Gasteiger partial charge in [0.2, 0.25) is 5.91 Å². The van der Waals surface area contributed by atoms with Crippen molar-refractivity contribution in [2.75, 3.05) is 39.9 Å². The molecule has 3 rings (SSSR count). The second kappa shape index (κ2) is 11.5. The van der Waals surface area contributed by atoms with Crippen LogP contribution in [0.15, 0.2) is 53.3 Å². The number of furan rings is 1. The number of hydrogen-bond donors (Lipinski definition) is 1. The van der Waals surface area contributed by atoms with E-state index in [1.807, 2.05) is 6.07 Å². The highest BCUT2D eigenvalue weighted by molar-refractivity contribution is 5.94. The molecule has 0 aliphatic carbocycles. The van der Waals surface area contributed by atoms with Gasteiger partial charge in [0.1, 0.15) is 6.26 Å². The van der Waals surface area contributed by atoms with E-state index in [0.717, 1.165) is 32.5 Å². The lowest BCUT2D eigenvalue weighted by molar-refractivity contribution is -0.122. The molecule has 162 valence electrons. The van der Waals surface area contributed by atoms with Crippen LogP contribution in [0.5, 0.6) is 0 Å². The maximum atomic E-state index is 12.6. The van der Waals surface area contributed by atoms with Crippen LogP contribution in [-0.2, 0) is 16.1 Å². The normalized spacial score (nSPS) is 15.1. The molecule has 0 atom stereocenters. The number of likely N-dealkylation sites (tertiary alicyclic amines) is 1. The molecular formula is C23H31N3O4. The SMILES string of the molecule is COCCN(CCC(=O)NC1CCN(Cc2ccccc2)CC1)C(=O)c1ccoc1. The monoisotopic (exact) mass is 413 g/mol. The van der Waals surface area contributed by atoms with Crippen LogP contribution < -0.4 is 5.32 Å². The third-order valence-corrected chi connectivity index (χ3v) is 5.43. The second-order valence-corrected chi connectivity index (χ2v) is 7.65. The Labute approximate surface area is 178 Å². The highest BCUT2D eigenvalue weighted by Gasteiger charge is 2.22. The molecule has 1 aliphatic heterocycles. The van der Waals surface area contributed by atoms with E-state index < -0.39 is 0 Å². The highest BCUT2D eigenvalue weighted by Crippen LogP contribution is 2.14. The maximum absolute atomic E-state index is 12.6. The molecule has 0 bridgehead atoms. The van der Waals surface area contributed by atoms with Gasteiger partial charge in [-0.05, 0) is 24.5 Å². The predicted molar refractivity (Wildman–Crippen MR) is 114 cm³/mol. The summed E-state index contributed by atoms with van der Waals surface area (Å²) in [6.45, 7) is 4.10. The first-order chi connectivity index (χ1) is 14.7. The number of nitrogens with one attached hydrogen (secondary N) is 1. The van der Waals surface area contributed by atoms with Crippen LogP contribution in [0.3, 0.4) is 0 Å². The number of nitrogens with zero attached hydrogens (tertiary/aromatic N) is 2. The van der Waals surface area contributed by atoms with Gasteiger partial charge in [0.15, 0.2) is 0 Å². The average Bonchev–Trinajstić information content (AvgIpc) is 3.30. The van der Waals surface area contributed by atoms with Gasteiger partial charge in [-0.25, -0.2) is 0 Å². The summed E-state index contributed by atoms with van der Waals surface area (Å²) >= 11 is 0. The fourth-order valence-corrected chi connectivity index (χ4v) is 3.70. The van der Waals surface area contributed by atoms with Crippen molar-refractivity contribution in [3.63, 3.8) is 0 Å². The van der Waals surface area contributed by atoms with E-state index in [0.29, 0.717) is 25.3 Å². The summed E-state index contributed by atoms with van der Waals surface area (Å²) in [5, 5.41) is 3.14. The van der Waals surface area contributed by atoms with Crippen molar-refractivity contribution in [2.24, 2.45) is 0 Å². The Kier molecular flexibility index (Phi) is 8.47. The maximum Gasteiger partial charge on any atom is 0.257 e. The van der Waals surface area contributed by atoms with Crippen molar-refractivity contribution in [3.8, 4) is 0 Å². The molecule has 30 heavy (non-hydrogen) atoms. The quantitative estimate of drug-likeness (QED) is 0.648. The number of methoxy groups -OCH3 is 1. The van der Waals surface area contributed by atoms with Crippen molar-refractivity contribution in [1.82, 2.24) is 15.1 Å². The Balaban J connectivity index is 1.40. The van der Waals surface area contributed by atoms with E-state index in [-0.39, 0.29) is 24.3 Å². The van der Waals surface area contributed by atoms with Gasteiger partial charge >= 0.3 is 0 Å². The Morgan fingerprint density at radius 2 is 1.93 bits per heavy atom. The van der Waals surface area contributed by atoms with E-state index in [2.05, 4.69) is 34.5 Å². The van der Waals surface area contributed by atoms with Gasteiger partial charge in [0.05, 0.1) is 18.4 Å². The van der Waals surface area contributed by atoms with Crippen LogP contribution in [0.4, 0.5) is 0 Å². The van der Waals surface area contributed by atoms with Crippen LogP contribution in [0.1, 0.15) is 35.2 Å². The van der Waals surface area contributed by atoms with Gasteiger partial charge in [0, 0.05) is 52.3 Å². The topological polar surface area (TPSA) is 75.0 Å². The Morgan fingerprint density at radius 3 is 2.60 bits per heavy atom. The molecule has 2 heterocycles. The molecule has 0 unspecified atom stereocenters. The highest BCUT2D eigenvalue weighted by atomic mass is 16.5. The number of amides is 2. The van der Waals surface area contributed by atoms with Crippen molar-refractivity contribution >= 4 is 11.8 Å². The molecule has 1 fully saturated rings. The third-order valence-electron chi connectivity index (χ3n) is 5.43. The molecule has 2 aromatic rings. The molecule has 0 saturated carbocycles. The molecule has 7 nitrogen and oxygen atoms in total. The molecule has 1 N–H and O–H groups in total. The van der Waals surface area contributed by atoms with Crippen LogP contribution in [0.2, 0.25) is 0 Å². The van der Waals surface area contributed by atoms with Gasteiger partial charge in [-0.1, -0.05) is 30.3 Å². The summed E-state index contributed by atoms with van der Waals surface area (Å²) in [5.41, 5.74) is 1.80. The Morgan fingerprint density at radius 1 is 1.17 bits per heavy atom. The zero-order chi connectivity index (χ0) is 21.2. The molecular weight excluding hydrogens is 382 g/mol. The molecule has 1 aliphatic rings. The molecule has 1 aromatic heterocycles. The minimum Gasteiger partial charge on any atom is -0.472 e. The van der Waals surface area contributed by atoms with E-state index in [4.69, 9.17) is 9.15 Å². The summed E-state index contributed by atoms with van der Waals surface area (Å²) in [6.07, 6.45) is 5.06. The summed E-state index contributed by atoms with van der Waals surface area (Å²) in [6, 6.07) is 12.3. The third kappa shape index (κ3) is 6.71. The largest absolute Gasteiger partial charge is 0.472 e. The summed E-state index contributed by atoms with van der Waals surface area (Å²) in [5.74, 6) is -0.165. The Hall–Kier alpha value is -2.64. The summed E-state index contributed by atoms with van der Waals surface area (Å²) in [7, 11) is 1.59. The minimum atomic E-state index is -0.150. The standard InChI is InChI=1S/C23H31N3O4/c1-29-16-14-26(23(28)20-10-15-30-18-20)13-9-22(27)24-21-7-11-25(12-8-21)17-19-5-3-2-4-6-19/h2-6,10,15,18,21H,7-9,11-14,16-17H2,1H3,(H,24,27). The average molecular weight is 414 g/mol. The smallest absolute Gasteiger partial charge is 0.257 e. The van der Waals surface area contributed by atoms with Crippen LogP contribution >= 0.6 is 0 Å². The predicted octanol–water partition coefficient (Wildman–Crippen LogP) is 2.54. The van der Waals surface area contributed by atoms with E-state index in [1.54, 1.807) is 18.1 Å². The molecule has 0 spiro atoms. The summed E-state index contributed by atoms with van der Waals surface area (Å²) in [4.78, 5) is 29.1. The van der Waals surface area contributed by atoms with Crippen LogP contribution in [0, 0.1) is 0 Å². The first kappa shape index (κ1) is 22.1. The number of rotatable bonds is 10. The fraction of sp³-hybridized carbons (Fsp3) is 0.478. The van der Waals surface area contributed by atoms with Crippen LogP contribution in [0.25, 0.3) is 0 Å². The number of hydrogen-bond acceptors (Lipinski definition) is 5. The Bertz CT molecular complexity index is 771. The zero-order valence-electron chi connectivity index (χ0n) is 17.6. The lowest BCUT2D eigenvalue weighted by Crippen LogP contribution is -2.45. The number of benzene rings is 1. The number of carbonyl (C=O) groups excluding carboxylic acids is 2. The van der Waals surface area contributed by atoms with Crippen molar-refractivity contribution in [2.45, 2.75) is 31.8 Å². The lowest BCUT2D eigenvalue weighted by atomic mass is 10.0. The summed E-state index contributed by atoms with van der Waals surface area (Å²) < 4.78 is 10.1. The molecule has 1 aromatic carbocycles. The minimum absolute atomic E-state index is 0.0149. The second-order valence-electron chi connectivity index (χ2n) is 7.65. The van der Waals surface area contributed by atoms with Gasteiger partial charge in [-0.2, -0.15) is 0 Å².